The number of benzene rings is 1. The lowest BCUT2D eigenvalue weighted by molar-refractivity contribution is -0.141. The first kappa shape index (κ1) is 12.6. The summed E-state index contributed by atoms with van der Waals surface area (Å²) in [4.78, 5) is 10.7. The lowest BCUT2D eigenvalue weighted by Gasteiger charge is -2.09. The summed E-state index contributed by atoms with van der Waals surface area (Å²) in [7, 11) is 1.64. The van der Waals surface area contributed by atoms with Crippen molar-refractivity contribution in [3.63, 3.8) is 0 Å². The molecule has 3 nitrogen and oxygen atoms in total. The molecule has 0 bridgehead atoms. The highest BCUT2D eigenvalue weighted by molar-refractivity contribution is 5.69. The van der Waals surface area contributed by atoms with Crippen LogP contribution >= 0.6 is 0 Å². The van der Waals surface area contributed by atoms with Crippen molar-refractivity contribution in [2.45, 2.75) is 26.7 Å². The predicted octanol–water partition coefficient (Wildman–Crippen LogP) is 2.66. The smallest absolute Gasteiger partial charge is 0.306 e. The van der Waals surface area contributed by atoms with Gasteiger partial charge in [0.05, 0.1) is 13.0 Å². The third kappa shape index (κ3) is 3.26. The Morgan fingerprint density at radius 2 is 2.19 bits per heavy atom. The number of hydrogen-bond acceptors (Lipinski definition) is 2. The zero-order valence-corrected chi connectivity index (χ0v) is 9.99. The van der Waals surface area contributed by atoms with Crippen LogP contribution in [0.15, 0.2) is 18.2 Å². The minimum atomic E-state index is -0.730. The monoisotopic (exact) mass is 222 g/mol. The van der Waals surface area contributed by atoms with Crippen molar-refractivity contribution in [2.75, 3.05) is 7.11 Å². The Bertz CT molecular complexity index is 371. The van der Waals surface area contributed by atoms with Gasteiger partial charge in [0.25, 0.3) is 0 Å². The molecule has 0 spiro atoms. The summed E-state index contributed by atoms with van der Waals surface area (Å²) in [5, 5.41) is 8.79. The molecular weight excluding hydrogens is 204 g/mol. The second-order valence-corrected chi connectivity index (χ2v) is 4.07. The van der Waals surface area contributed by atoms with Gasteiger partial charge in [-0.25, -0.2) is 0 Å². The van der Waals surface area contributed by atoms with Crippen LogP contribution in [0.25, 0.3) is 0 Å². The summed E-state index contributed by atoms with van der Waals surface area (Å²) in [6.45, 7) is 3.75. The van der Waals surface area contributed by atoms with Crippen molar-refractivity contribution in [3.8, 4) is 5.75 Å². The maximum Gasteiger partial charge on any atom is 0.306 e. The van der Waals surface area contributed by atoms with Crippen LogP contribution < -0.4 is 4.74 Å². The minimum absolute atomic E-state index is 0.290. The molecule has 0 aromatic heterocycles. The normalized spacial score (nSPS) is 12.2. The van der Waals surface area contributed by atoms with Gasteiger partial charge >= 0.3 is 5.97 Å². The highest BCUT2D eigenvalue weighted by Crippen LogP contribution is 2.19. The summed E-state index contributed by atoms with van der Waals surface area (Å²) in [5.41, 5.74) is 2.34. The van der Waals surface area contributed by atoms with E-state index in [1.54, 1.807) is 14.0 Å². The Kier molecular flexibility index (Phi) is 4.35. The first-order valence-corrected chi connectivity index (χ1v) is 5.41. The van der Waals surface area contributed by atoms with Crippen LogP contribution in [0.1, 0.15) is 24.5 Å². The molecule has 1 N–H and O–H groups in total. The van der Waals surface area contributed by atoms with E-state index in [1.165, 1.54) is 5.56 Å². The number of rotatable bonds is 5. The van der Waals surface area contributed by atoms with E-state index in [-0.39, 0.29) is 5.92 Å². The first-order chi connectivity index (χ1) is 7.54. The predicted molar refractivity (Wildman–Crippen MR) is 62.9 cm³/mol. The second kappa shape index (κ2) is 5.54. The van der Waals surface area contributed by atoms with Crippen molar-refractivity contribution < 1.29 is 14.6 Å². The number of carboxylic acids is 1. The van der Waals surface area contributed by atoms with E-state index < -0.39 is 5.97 Å². The van der Waals surface area contributed by atoms with Gasteiger partial charge in [-0.2, -0.15) is 0 Å². The fourth-order valence-electron chi connectivity index (χ4n) is 1.57. The van der Waals surface area contributed by atoms with E-state index >= 15 is 0 Å². The van der Waals surface area contributed by atoms with E-state index in [9.17, 15) is 4.79 Å². The summed E-state index contributed by atoms with van der Waals surface area (Å²) >= 11 is 0. The van der Waals surface area contributed by atoms with Gasteiger partial charge in [0.1, 0.15) is 5.75 Å². The molecular formula is C13H18O3. The summed E-state index contributed by atoms with van der Waals surface area (Å²) in [6.07, 6.45) is 1.46. The van der Waals surface area contributed by atoms with Gasteiger partial charge in [0.2, 0.25) is 0 Å². The topological polar surface area (TPSA) is 46.5 Å². The van der Waals surface area contributed by atoms with E-state index in [2.05, 4.69) is 0 Å². The van der Waals surface area contributed by atoms with E-state index in [0.717, 1.165) is 17.7 Å². The van der Waals surface area contributed by atoms with Crippen LogP contribution in [-0.4, -0.2) is 18.2 Å². The average Bonchev–Trinajstić information content (AvgIpc) is 2.26. The molecule has 1 atom stereocenters. The van der Waals surface area contributed by atoms with Crippen molar-refractivity contribution >= 4 is 5.97 Å². The largest absolute Gasteiger partial charge is 0.497 e. The van der Waals surface area contributed by atoms with Crippen molar-refractivity contribution in [1.29, 1.82) is 0 Å². The number of aryl methyl sites for hydroxylation is 2. The fraction of sp³-hybridized carbons (Fsp3) is 0.462. The molecule has 0 aliphatic heterocycles. The van der Waals surface area contributed by atoms with Crippen molar-refractivity contribution in [3.05, 3.63) is 29.3 Å². The van der Waals surface area contributed by atoms with Crippen LogP contribution in [0.2, 0.25) is 0 Å². The molecule has 0 radical (unpaired) electrons. The molecule has 16 heavy (non-hydrogen) atoms. The van der Waals surface area contributed by atoms with Crippen LogP contribution in [0.4, 0.5) is 0 Å². The van der Waals surface area contributed by atoms with E-state index in [1.807, 2.05) is 25.1 Å². The standard InChI is InChI=1S/C13H18O3/c1-9(13(14)15)4-5-11-6-7-12(16-3)8-10(11)2/h6-9H,4-5H2,1-3H3,(H,14,15). The fourth-order valence-corrected chi connectivity index (χ4v) is 1.57. The number of carboxylic acid groups (broad SMARTS) is 1. The molecule has 0 fully saturated rings. The third-order valence-corrected chi connectivity index (χ3v) is 2.82. The van der Waals surface area contributed by atoms with E-state index in [4.69, 9.17) is 9.84 Å². The molecule has 0 heterocycles. The number of aliphatic carboxylic acids is 1. The zero-order valence-electron chi connectivity index (χ0n) is 9.99. The first-order valence-electron chi connectivity index (χ1n) is 5.41. The Hall–Kier alpha value is -1.51. The Morgan fingerprint density at radius 3 is 2.69 bits per heavy atom. The van der Waals surface area contributed by atoms with Gasteiger partial charge in [-0.15, -0.1) is 0 Å². The maximum atomic E-state index is 10.7. The number of carbonyl (C=O) groups is 1. The maximum absolute atomic E-state index is 10.7. The molecule has 0 aliphatic rings. The number of ether oxygens (including phenoxy) is 1. The molecule has 1 aromatic rings. The van der Waals surface area contributed by atoms with E-state index in [0.29, 0.717) is 6.42 Å². The van der Waals surface area contributed by atoms with Gasteiger partial charge < -0.3 is 9.84 Å². The van der Waals surface area contributed by atoms with Gasteiger partial charge in [-0.3, -0.25) is 4.79 Å². The quantitative estimate of drug-likeness (QED) is 0.833. The molecule has 1 aromatic carbocycles. The van der Waals surface area contributed by atoms with Gasteiger partial charge in [0, 0.05) is 0 Å². The molecule has 1 unspecified atom stereocenters. The van der Waals surface area contributed by atoms with Crippen LogP contribution in [0.5, 0.6) is 5.75 Å². The lowest BCUT2D eigenvalue weighted by Crippen LogP contribution is -2.10. The molecule has 0 aliphatic carbocycles. The van der Waals surface area contributed by atoms with Crippen molar-refractivity contribution in [1.82, 2.24) is 0 Å². The van der Waals surface area contributed by atoms with Gasteiger partial charge in [-0.1, -0.05) is 13.0 Å². The Balaban J connectivity index is 2.64. The number of methoxy groups -OCH3 is 1. The average molecular weight is 222 g/mol. The Morgan fingerprint density at radius 1 is 1.50 bits per heavy atom. The lowest BCUT2D eigenvalue weighted by atomic mass is 9.98. The highest BCUT2D eigenvalue weighted by atomic mass is 16.5. The molecule has 0 saturated heterocycles. The molecule has 88 valence electrons. The Labute approximate surface area is 96.1 Å². The van der Waals surface area contributed by atoms with Crippen molar-refractivity contribution in [2.24, 2.45) is 5.92 Å². The zero-order chi connectivity index (χ0) is 12.1. The molecule has 1 rings (SSSR count). The molecule has 0 saturated carbocycles. The summed E-state index contributed by atoms with van der Waals surface area (Å²) < 4.78 is 5.12. The van der Waals surface area contributed by atoms with Crippen LogP contribution in [0, 0.1) is 12.8 Å². The van der Waals surface area contributed by atoms with Gasteiger partial charge in [0.15, 0.2) is 0 Å². The molecule has 3 heteroatoms. The van der Waals surface area contributed by atoms with Crippen LogP contribution in [-0.2, 0) is 11.2 Å². The minimum Gasteiger partial charge on any atom is -0.497 e. The van der Waals surface area contributed by atoms with Crippen LogP contribution in [0.3, 0.4) is 0 Å². The summed E-state index contributed by atoms with van der Waals surface area (Å²) in [6, 6.07) is 5.89. The third-order valence-electron chi connectivity index (χ3n) is 2.82. The van der Waals surface area contributed by atoms with Gasteiger partial charge in [-0.05, 0) is 43.0 Å². The summed E-state index contributed by atoms with van der Waals surface area (Å²) in [5.74, 6) is -0.180. The number of hydrogen-bond donors (Lipinski definition) is 1. The second-order valence-electron chi connectivity index (χ2n) is 4.07. The highest BCUT2D eigenvalue weighted by Gasteiger charge is 2.11. The SMILES string of the molecule is COc1ccc(CCC(C)C(=O)O)c(C)c1. The molecule has 0 amide bonds.